The Morgan fingerprint density at radius 2 is 1.06 bits per heavy atom. The Hall–Kier alpha value is -1.56. The Bertz CT molecular complexity index is 858. The first-order valence-electron chi connectivity index (χ1n) is 14.5. The predicted octanol–water partition coefficient (Wildman–Crippen LogP) is 9.43. The molecule has 0 heteroatoms. The predicted molar refractivity (Wildman–Crippen MR) is 141 cm³/mol. The highest BCUT2D eigenvalue weighted by Crippen LogP contribution is 2.47. The van der Waals surface area contributed by atoms with Crippen LogP contribution in [0.3, 0.4) is 0 Å². The normalized spacial score (nSPS) is 38.8. The van der Waals surface area contributed by atoms with Gasteiger partial charge in [-0.1, -0.05) is 73.4 Å². The zero-order valence-corrected chi connectivity index (χ0v) is 20.7. The van der Waals surface area contributed by atoms with Gasteiger partial charge in [-0.25, -0.2) is 0 Å². The fourth-order valence-corrected chi connectivity index (χ4v) is 8.32. The van der Waals surface area contributed by atoms with E-state index >= 15 is 0 Å². The first-order valence-corrected chi connectivity index (χ1v) is 14.5. The summed E-state index contributed by atoms with van der Waals surface area (Å²) in [6, 6.07) is 0. The molecule has 0 saturated heterocycles. The van der Waals surface area contributed by atoms with Crippen molar-refractivity contribution in [2.75, 3.05) is 0 Å². The van der Waals surface area contributed by atoms with E-state index in [1.54, 1.807) is 16.7 Å². The van der Waals surface area contributed by atoms with E-state index < -0.39 is 0 Å². The van der Waals surface area contributed by atoms with Gasteiger partial charge in [0, 0.05) is 0 Å². The molecule has 0 aromatic heterocycles. The second-order valence-electron chi connectivity index (χ2n) is 12.0. The van der Waals surface area contributed by atoms with Crippen molar-refractivity contribution in [3.63, 3.8) is 0 Å². The van der Waals surface area contributed by atoms with Crippen molar-refractivity contribution >= 4 is 0 Å². The summed E-state index contributed by atoms with van der Waals surface area (Å²) in [5, 5.41) is 0. The first-order chi connectivity index (χ1) is 16.3. The van der Waals surface area contributed by atoms with Crippen molar-refractivity contribution in [3.8, 4) is 0 Å². The fourth-order valence-electron chi connectivity index (χ4n) is 8.32. The number of rotatable bonds is 0. The number of allylic oxidation sites excluding steroid dienone is 12. The molecule has 0 aromatic carbocycles. The lowest BCUT2D eigenvalue weighted by Crippen LogP contribution is -2.11. The molecular weight excluding hydrogens is 396 g/mol. The minimum Gasteiger partial charge on any atom is -0.0808 e. The smallest absolute Gasteiger partial charge is 0.0134 e. The summed E-state index contributed by atoms with van der Waals surface area (Å²) in [5.74, 6) is 5.57. The fraction of sp³-hybridized carbons (Fsp3) is 0.636. The molecule has 0 amide bonds. The van der Waals surface area contributed by atoms with E-state index in [1.165, 1.54) is 96.3 Å². The first kappa shape index (κ1) is 21.9. The molecule has 0 nitrogen and oxygen atoms in total. The van der Waals surface area contributed by atoms with Crippen LogP contribution in [0.25, 0.3) is 0 Å². The zero-order chi connectivity index (χ0) is 22.0. The van der Waals surface area contributed by atoms with Crippen molar-refractivity contribution in [2.45, 2.75) is 96.3 Å². The van der Waals surface area contributed by atoms with Crippen LogP contribution in [-0.2, 0) is 0 Å². The summed E-state index contributed by atoms with van der Waals surface area (Å²) >= 11 is 0. The zero-order valence-electron chi connectivity index (χ0n) is 20.7. The Labute approximate surface area is 202 Å². The van der Waals surface area contributed by atoms with Gasteiger partial charge in [0.25, 0.3) is 0 Å². The number of fused-ring (bicyclic) bond motifs is 5. The van der Waals surface area contributed by atoms with Crippen molar-refractivity contribution in [2.24, 2.45) is 35.5 Å². The minimum absolute atomic E-state index is 0.898. The molecule has 0 aliphatic heterocycles. The average molecular weight is 441 g/mol. The van der Waals surface area contributed by atoms with Gasteiger partial charge < -0.3 is 0 Å². The van der Waals surface area contributed by atoms with Crippen molar-refractivity contribution < 1.29 is 0 Å². The molecule has 176 valence electrons. The molecule has 0 spiro atoms. The third kappa shape index (κ3) is 4.69. The molecule has 0 heterocycles. The molecule has 4 saturated carbocycles. The van der Waals surface area contributed by atoms with Crippen LogP contribution >= 0.6 is 0 Å². The molecule has 0 bridgehead atoms. The second-order valence-corrected chi connectivity index (χ2v) is 12.0. The van der Waals surface area contributed by atoms with E-state index in [-0.39, 0.29) is 0 Å². The van der Waals surface area contributed by atoms with E-state index in [4.69, 9.17) is 0 Å². The van der Waals surface area contributed by atoms with Gasteiger partial charge in [0.2, 0.25) is 0 Å². The lowest BCUT2D eigenvalue weighted by Gasteiger charge is -2.23. The maximum absolute atomic E-state index is 2.60. The molecule has 0 aromatic rings. The quantitative estimate of drug-likeness (QED) is 0.352. The maximum Gasteiger partial charge on any atom is -0.0134 e. The summed E-state index contributed by atoms with van der Waals surface area (Å²) < 4.78 is 0. The largest absolute Gasteiger partial charge is 0.0808 e. The molecular formula is C33H44. The minimum atomic E-state index is 0.898. The van der Waals surface area contributed by atoms with Crippen LogP contribution in [-0.4, -0.2) is 0 Å². The van der Waals surface area contributed by atoms with Crippen molar-refractivity contribution in [1.29, 1.82) is 0 Å². The maximum atomic E-state index is 2.60. The highest BCUT2D eigenvalue weighted by Gasteiger charge is 2.33. The molecule has 8 rings (SSSR count). The summed E-state index contributed by atoms with van der Waals surface area (Å²) in [6.07, 6.45) is 40.6. The highest BCUT2D eigenvalue weighted by molar-refractivity contribution is 5.39. The lowest BCUT2D eigenvalue weighted by molar-refractivity contribution is 0.510. The molecule has 8 aliphatic carbocycles. The van der Waals surface area contributed by atoms with Crippen LogP contribution in [0.5, 0.6) is 0 Å². The molecule has 33 heavy (non-hydrogen) atoms. The highest BCUT2D eigenvalue weighted by atomic mass is 14.4. The van der Waals surface area contributed by atoms with Crippen LogP contribution in [0.4, 0.5) is 0 Å². The summed E-state index contributed by atoms with van der Waals surface area (Å²) in [4.78, 5) is 0. The van der Waals surface area contributed by atoms with Crippen LogP contribution in [0.2, 0.25) is 0 Å². The van der Waals surface area contributed by atoms with Gasteiger partial charge >= 0.3 is 0 Å². The average Bonchev–Trinajstić information content (AvgIpc) is 3.66. The molecule has 0 radical (unpaired) electrons. The van der Waals surface area contributed by atoms with Crippen LogP contribution in [0.1, 0.15) is 96.3 Å². The van der Waals surface area contributed by atoms with Crippen molar-refractivity contribution in [3.05, 3.63) is 70.9 Å². The number of hydrogen-bond donors (Lipinski definition) is 0. The lowest BCUT2D eigenvalue weighted by atomic mass is 9.82. The van der Waals surface area contributed by atoms with E-state index in [1.807, 2.05) is 5.57 Å². The third-order valence-electron chi connectivity index (χ3n) is 10.1. The van der Waals surface area contributed by atoms with E-state index in [0.717, 1.165) is 35.5 Å². The van der Waals surface area contributed by atoms with Gasteiger partial charge in [0.15, 0.2) is 0 Å². The summed E-state index contributed by atoms with van der Waals surface area (Å²) in [6.45, 7) is 0. The Morgan fingerprint density at radius 3 is 1.76 bits per heavy atom. The standard InChI is InChI=1S/2C12H16.C9H12/c1-3-9-7-8-10-4-2-6-12(10)11(9)5-1;1-3-9-7-11-5-2-6-12(11)8-10(9)4-1;1-2-5-9-7-3-6-8(9)4-1/h7-9,11H,1-6H2;7-10H,1-6H2;1-2,4-5,8-9H,3,6-7H2. The van der Waals surface area contributed by atoms with Gasteiger partial charge in [0.05, 0.1) is 0 Å². The Balaban J connectivity index is 0.0000000950. The molecule has 0 N–H and O–H groups in total. The van der Waals surface area contributed by atoms with Gasteiger partial charge in [-0.2, -0.15) is 0 Å². The Kier molecular flexibility index (Phi) is 6.63. The monoisotopic (exact) mass is 440 g/mol. The molecule has 6 atom stereocenters. The van der Waals surface area contributed by atoms with E-state index in [9.17, 15) is 0 Å². The number of hydrogen-bond acceptors (Lipinski definition) is 0. The summed E-state index contributed by atoms with van der Waals surface area (Å²) in [5.41, 5.74) is 6.97. The van der Waals surface area contributed by atoms with Crippen LogP contribution < -0.4 is 0 Å². The Morgan fingerprint density at radius 1 is 0.485 bits per heavy atom. The summed E-state index contributed by atoms with van der Waals surface area (Å²) in [7, 11) is 0. The molecule has 8 aliphatic rings. The van der Waals surface area contributed by atoms with Gasteiger partial charge in [-0.05, 0) is 129 Å². The third-order valence-corrected chi connectivity index (χ3v) is 10.1. The van der Waals surface area contributed by atoms with Gasteiger partial charge in [0.1, 0.15) is 0 Å². The molecule has 6 unspecified atom stereocenters. The van der Waals surface area contributed by atoms with Crippen LogP contribution in [0, 0.1) is 35.5 Å². The van der Waals surface area contributed by atoms with Gasteiger partial charge in [-0.3, -0.25) is 0 Å². The van der Waals surface area contributed by atoms with Crippen LogP contribution in [0.15, 0.2) is 70.9 Å². The second kappa shape index (κ2) is 9.97. The van der Waals surface area contributed by atoms with Crippen molar-refractivity contribution in [1.82, 2.24) is 0 Å². The SMILES string of the molecule is C1=C2CCCC2=CC2CCCC12.C1=CC2CCCC2C2=C1CCC2.C1=CC2CCCC2C=C1. The molecule has 4 fully saturated rings. The topological polar surface area (TPSA) is 0 Å². The van der Waals surface area contributed by atoms with E-state index in [0.29, 0.717) is 0 Å². The van der Waals surface area contributed by atoms with E-state index in [2.05, 4.69) is 48.6 Å². The van der Waals surface area contributed by atoms with Gasteiger partial charge in [-0.15, -0.1) is 0 Å².